The van der Waals surface area contributed by atoms with E-state index in [1.54, 1.807) is 24.4 Å². The molecule has 0 fully saturated rings. The molecule has 0 aromatic heterocycles. The summed E-state index contributed by atoms with van der Waals surface area (Å²) in [6.07, 6.45) is 7.07. The van der Waals surface area contributed by atoms with E-state index >= 15 is 0 Å². The van der Waals surface area contributed by atoms with Gasteiger partial charge in [-0.1, -0.05) is 30.2 Å². The SMILES string of the molecule is C#CN(C=C(C)C)C(C(C)=O)c1ccccc1F. The van der Waals surface area contributed by atoms with Crippen molar-refractivity contribution < 1.29 is 9.18 Å². The molecule has 0 aliphatic rings. The van der Waals surface area contributed by atoms with Crippen LogP contribution in [-0.4, -0.2) is 10.7 Å². The zero-order valence-corrected chi connectivity index (χ0v) is 10.8. The molecule has 1 aromatic carbocycles. The lowest BCUT2D eigenvalue weighted by atomic mass is 10.0. The highest BCUT2D eigenvalue weighted by Gasteiger charge is 2.24. The maximum atomic E-state index is 13.8. The molecule has 0 radical (unpaired) electrons. The number of carbonyl (C=O) groups excluding carboxylic acids is 1. The van der Waals surface area contributed by atoms with Gasteiger partial charge in [-0.3, -0.25) is 9.69 Å². The summed E-state index contributed by atoms with van der Waals surface area (Å²) in [6.45, 7) is 5.13. The van der Waals surface area contributed by atoms with Crippen LogP contribution in [0.2, 0.25) is 0 Å². The molecule has 94 valence electrons. The molecule has 0 aliphatic heterocycles. The highest BCUT2D eigenvalue weighted by atomic mass is 19.1. The Morgan fingerprint density at radius 2 is 2.00 bits per heavy atom. The fourth-order valence-corrected chi connectivity index (χ4v) is 1.73. The lowest BCUT2D eigenvalue weighted by molar-refractivity contribution is -0.120. The van der Waals surface area contributed by atoms with Crippen molar-refractivity contribution >= 4 is 5.78 Å². The lowest BCUT2D eigenvalue weighted by Crippen LogP contribution is -2.26. The molecule has 0 saturated carbocycles. The first-order valence-corrected chi connectivity index (χ1v) is 5.62. The van der Waals surface area contributed by atoms with E-state index in [4.69, 9.17) is 6.42 Å². The van der Waals surface area contributed by atoms with E-state index in [0.29, 0.717) is 5.56 Å². The molecule has 0 saturated heterocycles. The summed E-state index contributed by atoms with van der Waals surface area (Å²) in [5.74, 6) is -0.629. The van der Waals surface area contributed by atoms with Gasteiger partial charge < -0.3 is 0 Å². The summed E-state index contributed by atoms with van der Waals surface area (Å²) >= 11 is 0. The Balaban J connectivity index is 3.27. The highest BCUT2D eigenvalue weighted by Crippen LogP contribution is 2.24. The highest BCUT2D eigenvalue weighted by molar-refractivity contribution is 5.83. The summed E-state index contributed by atoms with van der Waals surface area (Å²) < 4.78 is 13.8. The fraction of sp³-hybridized carbons (Fsp3) is 0.267. The Morgan fingerprint density at radius 1 is 1.39 bits per heavy atom. The Bertz CT molecular complexity index is 509. The van der Waals surface area contributed by atoms with Crippen molar-refractivity contribution in [2.45, 2.75) is 26.8 Å². The quantitative estimate of drug-likeness (QED) is 0.599. The van der Waals surface area contributed by atoms with Crippen LogP contribution in [-0.2, 0) is 4.79 Å². The number of halogens is 1. The van der Waals surface area contributed by atoms with Crippen LogP contribution in [0.25, 0.3) is 0 Å². The van der Waals surface area contributed by atoms with E-state index in [1.165, 1.54) is 17.9 Å². The minimum atomic E-state index is -0.786. The van der Waals surface area contributed by atoms with Crippen molar-refractivity contribution in [2.24, 2.45) is 0 Å². The van der Waals surface area contributed by atoms with Crippen LogP contribution in [0.5, 0.6) is 0 Å². The predicted octanol–water partition coefficient (Wildman–Crippen LogP) is 3.27. The van der Waals surface area contributed by atoms with E-state index in [2.05, 4.69) is 6.04 Å². The average molecular weight is 245 g/mol. The number of ketones is 1. The fourth-order valence-electron chi connectivity index (χ4n) is 1.73. The largest absolute Gasteiger partial charge is 0.297 e. The number of hydrogen-bond acceptors (Lipinski definition) is 2. The molecule has 3 heteroatoms. The zero-order chi connectivity index (χ0) is 13.7. The van der Waals surface area contributed by atoms with Gasteiger partial charge in [0.05, 0.1) is 0 Å². The topological polar surface area (TPSA) is 20.3 Å². The van der Waals surface area contributed by atoms with Gasteiger partial charge in [0.2, 0.25) is 0 Å². The van der Waals surface area contributed by atoms with Crippen LogP contribution in [0.4, 0.5) is 4.39 Å². The number of terminal acetylenes is 1. The van der Waals surface area contributed by atoms with Crippen LogP contribution < -0.4 is 0 Å². The Labute approximate surface area is 107 Å². The molecule has 18 heavy (non-hydrogen) atoms. The standard InChI is InChI=1S/C15H16FNO/c1-5-17(10-11(2)3)15(12(4)18)13-8-6-7-9-14(13)16/h1,6-10,15H,2-4H3. The summed E-state index contributed by atoms with van der Waals surface area (Å²) in [4.78, 5) is 13.1. The summed E-state index contributed by atoms with van der Waals surface area (Å²) in [6, 6.07) is 7.79. The predicted molar refractivity (Wildman–Crippen MR) is 69.9 cm³/mol. The van der Waals surface area contributed by atoms with Crippen LogP contribution >= 0.6 is 0 Å². The van der Waals surface area contributed by atoms with Crippen molar-refractivity contribution in [3.63, 3.8) is 0 Å². The Hall–Kier alpha value is -2.08. The number of carbonyl (C=O) groups is 1. The molecule has 2 nitrogen and oxygen atoms in total. The number of benzene rings is 1. The van der Waals surface area contributed by atoms with E-state index in [-0.39, 0.29) is 5.78 Å². The smallest absolute Gasteiger partial charge is 0.157 e. The molecule has 1 atom stereocenters. The van der Waals surface area contributed by atoms with Crippen LogP contribution in [0, 0.1) is 18.3 Å². The first-order valence-electron chi connectivity index (χ1n) is 5.62. The molecule has 0 spiro atoms. The second kappa shape index (κ2) is 6.02. The monoisotopic (exact) mass is 245 g/mol. The number of Topliss-reactive ketones (excluding diaryl/α,β-unsaturated/α-hetero) is 1. The molecule has 1 aromatic rings. The van der Waals surface area contributed by atoms with Gasteiger partial charge in [-0.05, 0) is 26.8 Å². The van der Waals surface area contributed by atoms with E-state index in [1.807, 2.05) is 13.8 Å². The number of rotatable bonds is 4. The van der Waals surface area contributed by atoms with Gasteiger partial charge in [-0.15, -0.1) is 0 Å². The normalized spacial score (nSPS) is 11.3. The second-order valence-corrected chi connectivity index (χ2v) is 4.28. The van der Waals surface area contributed by atoms with Gasteiger partial charge in [-0.2, -0.15) is 0 Å². The molecule has 0 bridgehead atoms. The van der Waals surface area contributed by atoms with Gasteiger partial charge >= 0.3 is 0 Å². The molecule has 0 heterocycles. The van der Waals surface area contributed by atoms with Crippen LogP contribution in [0.15, 0.2) is 36.0 Å². The van der Waals surface area contributed by atoms with Crippen LogP contribution in [0.3, 0.4) is 0 Å². The van der Waals surface area contributed by atoms with Gasteiger partial charge in [-0.25, -0.2) is 4.39 Å². The average Bonchev–Trinajstić information content (AvgIpc) is 2.29. The summed E-state index contributed by atoms with van der Waals surface area (Å²) in [5, 5.41) is 0. The first-order chi connectivity index (χ1) is 8.47. The Morgan fingerprint density at radius 3 is 2.44 bits per heavy atom. The molecular formula is C15H16FNO. The summed E-state index contributed by atoms with van der Waals surface area (Å²) in [5.41, 5.74) is 1.23. The third-order valence-electron chi connectivity index (χ3n) is 2.41. The van der Waals surface area contributed by atoms with E-state index in [0.717, 1.165) is 5.57 Å². The first kappa shape index (κ1) is 14.0. The molecule has 0 amide bonds. The lowest BCUT2D eigenvalue weighted by Gasteiger charge is -2.24. The van der Waals surface area contributed by atoms with Gasteiger partial charge in [0, 0.05) is 17.8 Å². The number of allylic oxidation sites excluding steroid dienone is 1. The maximum absolute atomic E-state index is 13.8. The molecule has 0 N–H and O–H groups in total. The number of nitrogens with zero attached hydrogens (tertiary/aromatic N) is 1. The number of hydrogen-bond donors (Lipinski definition) is 0. The van der Waals surface area contributed by atoms with Crippen molar-refractivity contribution in [3.8, 4) is 12.5 Å². The second-order valence-electron chi connectivity index (χ2n) is 4.28. The van der Waals surface area contributed by atoms with Crippen molar-refractivity contribution in [2.75, 3.05) is 0 Å². The molecule has 0 aliphatic carbocycles. The van der Waals surface area contributed by atoms with Crippen LogP contribution in [0.1, 0.15) is 32.4 Å². The minimum absolute atomic E-state index is 0.199. The molecular weight excluding hydrogens is 229 g/mol. The van der Waals surface area contributed by atoms with E-state index < -0.39 is 11.9 Å². The summed E-state index contributed by atoms with van der Waals surface area (Å²) in [7, 11) is 0. The Kier molecular flexibility index (Phi) is 4.67. The molecule has 1 unspecified atom stereocenters. The third kappa shape index (κ3) is 3.21. The van der Waals surface area contributed by atoms with Gasteiger partial charge in [0.25, 0.3) is 0 Å². The maximum Gasteiger partial charge on any atom is 0.157 e. The van der Waals surface area contributed by atoms with Crippen molar-refractivity contribution in [3.05, 3.63) is 47.4 Å². The molecule has 1 rings (SSSR count). The third-order valence-corrected chi connectivity index (χ3v) is 2.41. The minimum Gasteiger partial charge on any atom is -0.297 e. The van der Waals surface area contributed by atoms with Crippen molar-refractivity contribution in [1.29, 1.82) is 0 Å². The van der Waals surface area contributed by atoms with Gasteiger partial charge in [0.1, 0.15) is 11.9 Å². The van der Waals surface area contributed by atoms with E-state index in [9.17, 15) is 9.18 Å². The zero-order valence-electron chi connectivity index (χ0n) is 10.8. The van der Waals surface area contributed by atoms with Gasteiger partial charge in [0.15, 0.2) is 5.78 Å². The van der Waals surface area contributed by atoms with Crippen molar-refractivity contribution in [1.82, 2.24) is 4.90 Å².